The first-order valence-electron chi connectivity index (χ1n) is 6.87. The molecule has 2 rings (SSSR count). The third-order valence-electron chi connectivity index (χ3n) is 3.35. The van der Waals surface area contributed by atoms with Gasteiger partial charge < -0.3 is 10.4 Å². The summed E-state index contributed by atoms with van der Waals surface area (Å²) >= 11 is 0. The van der Waals surface area contributed by atoms with E-state index in [9.17, 15) is 23.1 Å². The molecule has 0 aliphatic rings. The van der Waals surface area contributed by atoms with Gasteiger partial charge in [-0.3, -0.25) is 9.48 Å². The Hall–Kier alpha value is -2.51. The summed E-state index contributed by atoms with van der Waals surface area (Å²) in [5, 5.41) is 16.0. The number of hydrogen-bond donors (Lipinski definition) is 2. The molecule has 0 saturated carbocycles. The molecule has 5 nitrogen and oxygen atoms in total. The molecule has 0 aliphatic carbocycles. The molecule has 1 aromatic carbocycles. The van der Waals surface area contributed by atoms with Gasteiger partial charge >= 0.3 is 6.18 Å². The van der Waals surface area contributed by atoms with Crippen LogP contribution in [0.25, 0.3) is 0 Å². The van der Waals surface area contributed by atoms with Crippen molar-refractivity contribution >= 4 is 11.6 Å². The highest BCUT2D eigenvalue weighted by molar-refractivity contribution is 6.05. The van der Waals surface area contributed by atoms with Gasteiger partial charge in [0.15, 0.2) is 0 Å². The van der Waals surface area contributed by atoms with E-state index in [-0.39, 0.29) is 17.3 Å². The number of nitrogens with one attached hydrogen (secondary N) is 1. The van der Waals surface area contributed by atoms with E-state index in [0.29, 0.717) is 11.8 Å². The minimum Gasteiger partial charge on any atom is -0.506 e. The van der Waals surface area contributed by atoms with Crippen LogP contribution in [0.3, 0.4) is 0 Å². The zero-order valence-electron chi connectivity index (χ0n) is 12.8. The molecular formula is C15H16F3N3O2. The van der Waals surface area contributed by atoms with Gasteiger partial charge in [-0.15, -0.1) is 0 Å². The van der Waals surface area contributed by atoms with Crippen LogP contribution in [0.2, 0.25) is 0 Å². The first-order valence-corrected chi connectivity index (χ1v) is 6.87. The molecule has 23 heavy (non-hydrogen) atoms. The number of anilines is 1. The van der Waals surface area contributed by atoms with Crippen LogP contribution in [0.5, 0.6) is 5.75 Å². The number of hydrogen-bond acceptors (Lipinski definition) is 3. The monoisotopic (exact) mass is 327 g/mol. The summed E-state index contributed by atoms with van der Waals surface area (Å²) in [5.74, 6) is -1.08. The van der Waals surface area contributed by atoms with Crippen LogP contribution in [-0.4, -0.2) is 20.8 Å². The van der Waals surface area contributed by atoms with Crippen molar-refractivity contribution in [2.24, 2.45) is 0 Å². The fourth-order valence-electron chi connectivity index (χ4n) is 2.17. The highest BCUT2D eigenvalue weighted by atomic mass is 19.4. The molecule has 1 amide bonds. The first kappa shape index (κ1) is 16.9. The molecule has 0 atom stereocenters. The summed E-state index contributed by atoms with van der Waals surface area (Å²) in [5.41, 5.74) is -0.443. The average Bonchev–Trinajstić information content (AvgIpc) is 2.82. The second-order valence-electron chi connectivity index (χ2n) is 5.37. The van der Waals surface area contributed by atoms with Crippen molar-refractivity contribution in [3.8, 4) is 5.75 Å². The number of carbonyl (C=O) groups is 1. The van der Waals surface area contributed by atoms with Gasteiger partial charge in [0.1, 0.15) is 5.75 Å². The highest BCUT2D eigenvalue weighted by Crippen LogP contribution is 2.34. The standard InChI is InChI=1S/C15H16F3N3O2/c1-8(2)21-9(3)11(7-19-21)14(23)20-12-6-10(15(16,17)18)4-5-13(12)22/h4-8,22H,1-3H3,(H,20,23). The zero-order chi connectivity index (χ0) is 17.4. The summed E-state index contributed by atoms with van der Waals surface area (Å²) in [6.45, 7) is 5.47. The Balaban J connectivity index is 2.30. The van der Waals surface area contributed by atoms with Crippen LogP contribution in [0.4, 0.5) is 18.9 Å². The third kappa shape index (κ3) is 3.46. The Labute approximate surface area is 130 Å². The van der Waals surface area contributed by atoms with Gasteiger partial charge in [-0.1, -0.05) is 0 Å². The molecule has 2 N–H and O–H groups in total. The van der Waals surface area contributed by atoms with E-state index < -0.39 is 23.4 Å². The molecule has 8 heteroatoms. The summed E-state index contributed by atoms with van der Waals surface area (Å²) in [6, 6.07) is 2.36. The predicted molar refractivity (Wildman–Crippen MR) is 78.4 cm³/mol. The second-order valence-corrected chi connectivity index (χ2v) is 5.37. The van der Waals surface area contributed by atoms with Crippen LogP contribution in [0, 0.1) is 6.92 Å². The van der Waals surface area contributed by atoms with Gasteiger partial charge in [-0.25, -0.2) is 0 Å². The lowest BCUT2D eigenvalue weighted by Gasteiger charge is -2.12. The number of rotatable bonds is 3. The lowest BCUT2D eigenvalue weighted by molar-refractivity contribution is -0.137. The summed E-state index contributed by atoms with van der Waals surface area (Å²) in [6.07, 6.45) is -3.22. The van der Waals surface area contributed by atoms with Crippen LogP contribution in [0.15, 0.2) is 24.4 Å². The van der Waals surface area contributed by atoms with Crippen molar-refractivity contribution in [2.45, 2.75) is 33.0 Å². The van der Waals surface area contributed by atoms with Crippen molar-refractivity contribution < 1.29 is 23.1 Å². The summed E-state index contributed by atoms with van der Waals surface area (Å²) in [7, 11) is 0. The number of nitrogens with zero attached hydrogens (tertiary/aromatic N) is 2. The maximum absolute atomic E-state index is 12.7. The van der Waals surface area contributed by atoms with E-state index in [2.05, 4.69) is 10.4 Å². The summed E-state index contributed by atoms with van der Waals surface area (Å²) in [4.78, 5) is 12.2. The van der Waals surface area contributed by atoms with Gasteiger partial charge in [-0.05, 0) is 39.0 Å². The highest BCUT2D eigenvalue weighted by Gasteiger charge is 2.31. The Morgan fingerprint density at radius 2 is 2.00 bits per heavy atom. The Morgan fingerprint density at radius 3 is 2.52 bits per heavy atom. The second kappa shape index (κ2) is 5.94. The van der Waals surface area contributed by atoms with E-state index in [1.54, 1.807) is 11.6 Å². The van der Waals surface area contributed by atoms with E-state index in [4.69, 9.17) is 0 Å². The SMILES string of the molecule is Cc1c(C(=O)Nc2cc(C(F)(F)F)ccc2O)cnn1C(C)C. The quantitative estimate of drug-likeness (QED) is 0.844. The van der Waals surface area contributed by atoms with Crippen molar-refractivity contribution in [3.63, 3.8) is 0 Å². The van der Waals surface area contributed by atoms with Gasteiger partial charge in [0.05, 0.1) is 23.0 Å². The van der Waals surface area contributed by atoms with Crippen molar-refractivity contribution in [1.82, 2.24) is 9.78 Å². The largest absolute Gasteiger partial charge is 0.506 e. The Morgan fingerprint density at radius 1 is 1.35 bits per heavy atom. The van der Waals surface area contributed by atoms with Crippen molar-refractivity contribution in [2.75, 3.05) is 5.32 Å². The number of aromatic nitrogens is 2. The molecule has 1 aromatic heterocycles. The number of phenols is 1. The maximum atomic E-state index is 12.7. The Bertz CT molecular complexity index is 736. The van der Waals surface area contributed by atoms with Gasteiger partial charge in [-0.2, -0.15) is 18.3 Å². The molecule has 1 heterocycles. The number of benzene rings is 1. The molecule has 124 valence electrons. The van der Waals surface area contributed by atoms with Crippen LogP contribution >= 0.6 is 0 Å². The van der Waals surface area contributed by atoms with Crippen molar-refractivity contribution in [3.05, 3.63) is 41.2 Å². The predicted octanol–water partition coefficient (Wildman–Crippen LogP) is 3.75. The molecule has 0 saturated heterocycles. The van der Waals surface area contributed by atoms with E-state index in [0.717, 1.165) is 12.1 Å². The third-order valence-corrected chi connectivity index (χ3v) is 3.35. The lowest BCUT2D eigenvalue weighted by atomic mass is 10.1. The number of aromatic hydroxyl groups is 1. The van der Waals surface area contributed by atoms with Gasteiger partial charge in [0.25, 0.3) is 5.91 Å². The molecule has 0 spiro atoms. The Kier molecular flexibility index (Phi) is 4.35. The maximum Gasteiger partial charge on any atom is 0.416 e. The number of carbonyl (C=O) groups excluding carboxylic acids is 1. The number of halogens is 3. The fourth-order valence-corrected chi connectivity index (χ4v) is 2.17. The average molecular weight is 327 g/mol. The smallest absolute Gasteiger partial charge is 0.416 e. The molecule has 0 aliphatic heterocycles. The van der Waals surface area contributed by atoms with Crippen LogP contribution in [0.1, 0.15) is 41.5 Å². The normalized spacial score (nSPS) is 11.8. The number of alkyl halides is 3. The molecule has 0 unspecified atom stereocenters. The van der Waals surface area contributed by atoms with Crippen LogP contribution in [-0.2, 0) is 6.18 Å². The van der Waals surface area contributed by atoms with Crippen molar-refractivity contribution in [1.29, 1.82) is 0 Å². The summed E-state index contributed by atoms with van der Waals surface area (Å²) < 4.78 is 39.8. The molecule has 0 fully saturated rings. The lowest BCUT2D eigenvalue weighted by Crippen LogP contribution is -2.15. The van der Waals surface area contributed by atoms with Gasteiger partial charge in [0.2, 0.25) is 0 Å². The minimum atomic E-state index is -4.56. The fraction of sp³-hybridized carbons (Fsp3) is 0.333. The minimum absolute atomic E-state index is 0.0403. The molecule has 0 radical (unpaired) electrons. The van der Waals surface area contributed by atoms with E-state index in [1.165, 1.54) is 6.20 Å². The van der Waals surface area contributed by atoms with Gasteiger partial charge in [0, 0.05) is 11.7 Å². The van der Waals surface area contributed by atoms with Crippen LogP contribution < -0.4 is 5.32 Å². The van der Waals surface area contributed by atoms with E-state index in [1.807, 2.05) is 13.8 Å². The number of phenolic OH excluding ortho intramolecular Hbond substituents is 1. The zero-order valence-corrected chi connectivity index (χ0v) is 12.8. The topological polar surface area (TPSA) is 67.2 Å². The van der Waals surface area contributed by atoms with E-state index >= 15 is 0 Å². The first-order chi connectivity index (χ1) is 10.6. The molecule has 2 aromatic rings. The molecular weight excluding hydrogens is 311 g/mol. The number of amides is 1. The molecule has 0 bridgehead atoms.